The highest BCUT2D eigenvalue weighted by Crippen LogP contribution is 2.07. The summed E-state index contributed by atoms with van der Waals surface area (Å²) < 4.78 is 1.83. The Labute approximate surface area is 111 Å². The maximum absolute atomic E-state index is 4.37. The van der Waals surface area contributed by atoms with Gasteiger partial charge in [0.25, 0.3) is 0 Å². The summed E-state index contributed by atoms with van der Waals surface area (Å²) in [4.78, 5) is 8.65. The quantitative estimate of drug-likeness (QED) is 0.848. The summed E-state index contributed by atoms with van der Waals surface area (Å²) >= 11 is 0. The van der Waals surface area contributed by atoms with Crippen LogP contribution in [0.4, 0.5) is 0 Å². The van der Waals surface area contributed by atoms with Crippen molar-refractivity contribution in [3.63, 3.8) is 0 Å². The summed E-state index contributed by atoms with van der Waals surface area (Å²) in [5.74, 6) is 1.70. The first-order valence-corrected chi connectivity index (χ1v) is 6.40. The van der Waals surface area contributed by atoms with Gasteiger partial charge in [0.15, 0.2) is 11.8 Å². The van der Waals surface area contributed by atoms with Gasteiger partial charge in [-0.05, 0) is 18.6 Å². The lowest BCUT2D eigenvalue weighted by molar-refractivity contribution is 0.682. The SMILES string of the molecule is c1ccc(-n2ncnc2CNC2=NCCCN2)cc1. The number of nitrogens with zero attached hydrogens (tertiary/aromatic N) is 4. The topological polar surface area (TPSA) is 67.1 Å². The largest absolute Gasteiger partial charge is 0.356 e. The number of benzene rings is 1. The molecule has 1 aromatic carbocycles. The van der Waals surface area contributed by atoms with Crippen LogP contribution in [0.5, 0.6) is 0 Å². The molecule has 0 bridgehead atoms. The Hall–Kier alpha value is -2.37. The van der Waals surface area contributed by atoms with Gasteiger partial charge in [-0.3, -0.25) is 4.99 Å². The van der Waals surface area contributed by atoms with Gasteiger partial charge in [0.2, 0.25) is 0 Å². The van der Waals surface area contributed by atoms with Crippen molar-refractivity contribution >= 4 is 5.96 Å². The molecule has 0 saturated carbocycles. The first-order chi connectivity index (χ1) is 9.43. The Morgan fingerprint density at radius 2 is 2.16 bits per heavy atom. The average Bonchev–Trinajstić information content (AvgIpc) is 2.95. The third kappa shape index (κ3) is 2.73. The van der Waals surface area contributed by atoms with Gasteiger partial charge in [0.1, 0.15) is 6.33 Å². The number of aromatic nitrogens is 3. The van der Waals surface area contributed by atoms with Crippen LogP contribution in [0.2, 0.25) is 0 Å². The van der Waals surface area contributed by atoms with E-state index in [1.807, 2.05) is 35.0 Å². The molecule has 19 heavy (non-hydrogen) atoms. The van der Waals surface area contributed by atoms with E-state index in [9.17, 15) is 0 Å². The molecule has 98 valence electrons. The Morgan fingerprint density at radius 3 is 2.95 bits per heavy atom. The van der Waals surface area contributed by atoms with E-state index in [-0.39, 0.29) is 0 Å². The van der Waals surface area contributed by atoms with Crippen molar-refractivity contribution in [1.29, 1.82) is 0 Å². The van der Waals surface area contributed by atoms with Crippen molar-refractivity contribution in [3.8, 4) is 5.69 Å². The minimum atomic E-state index is 0.598. The summed E-state index contributed by atoms with van der Waals surface area (Å²) in [7, 11) is 0. The monoisotopic (exact) mass is 256 g/mol. The second-order valence-electron chi connectivity index (χ2n) is 4.29. The van der Waals surface area contributed by atoms with Gasteiger partial charge < -0.3 is 10.6 Å². The van der Waals surface area contributed by atoms with E-state index < -0.39 is 0 Å². The Kier molecular flexibility index (Phi) is 3.40. The lowest BCUT2D eigenvalue weighted by Crippen LogP contribution is -2.40. The zero-order valence-electron chi connectivity index (χ0n) is 10.6. The van der Waals surface area contributed by atoms with Crippen molar-refractivity contribution in [2.24, 2.45) is 4.99 Å². The molecule has 0 fully saturated rings. The molecule has 0 amide bonds. The predicted molar refractivity (Wildman–Crippen MR) is 73.1 cm³/mol. The standard InChI is InChI=1S/C13H16N6/c1-2-5-11(6-3-1)19-12(17-10-18-19)9-16-13-14-7-4-8-15-13/h1-3,5-6,10H,4,7-9H2,(H2,14,15,16). The number of guanidine groups is 1. The number of hydrogen-bond donors (Lipinski definition) is 2. The van der Waals surface area contributed by atoms with Crippen molar-refractivity contribution in [2.45, 2.75) is 13.0 Å². The van der Waals surface area contributed by atoms with Gasteiger partial charge in [0.05, 0.1) is 12.2 Å². The summed E-state index contributed by atoms with van der Waals surface area (Å²) in [6.07, 6.45) is 2.66. The number of para-hydroxylation sites is 1. The summed E-state index contributed by atoms with van der Waals surface area (Å²) in [5.41, 5.74) is 1.01. The van der Waals surface area contributed by atoms with Crippen LogP contribution in [0.25, 0.3) is 5.69 Å². The molecule has 0 spiro atoms. The first-order valence-electron chi connectivity index (χ1n) is 6.40. The van der Waals surface area contributed by atoms with Crippen LogP contribution >= 0.6 is 0 Å². The van der Waals surface area contributed by atoms with E-state index in [2.05, 4.69) is 25.7 Å². The molecule has 0 saturated heterocycles. The van der Waals surface area contributed by atoms with Gasteiger partial charge in [-0.15, -0.1) is 0 Å². The van der Waals surface area contributed by atoms with Gasteiger partial charge >= 0.3 is 0 Å². The number of rotatable bonds is 3. The number of aliphatic imine (C=N–C) groups is 1. The Bertz CT molecular complexity index is 560. The molecule has 6 nitrogen and oxygen atoms in total. The molecule has 0 aliphatic carbocycles. The van der Waals surface area contributed by atoms with Crippen LogP contribution in [-0.4, -0.2) is 33.8 Å². The van der Waals surface area contributed by atoms with E-state index in [1.165, 1.54) is 0 Å². The van der Waals surface area contributed by atoms with Crippen LogP contribution in [-0.2, 0) is 6.54 Å². The van der Waals surface area contributed by atoms with Crippen LogP contribution < -0.4 is 10.6 Å². The first kappa shape index (κ1) is 11.7. The minimum Gasteiger partial charge on any atom is -0.356 e. The van der Waals surface area contributed by atoms with E-state index in [0.717, 1.165) is 37.0 Å². The molecule has 2 N–H and O–H groups in total. The van der Waals surface area contributed by atoms with Crippen molar-refractivity contribution < 1.29 is 0 Å². The van der Waals surface area contributed by atoms with Crippen molar-refractivity contribution in [2.75, 3.05) is 13.1 Å². The zero-order valence-corrected chi connectivity index (χ0v) is 10.6. The molecule has 6 heteroatoms. The maximum atomic E-state index is 4.37. The third-order valence-corrected chi connectivity index (χ3v) is 2.93. The van der Waals surface area contributed by atoms with Crippen LogP contribution in [0, 0.1) is 0 Å². The molecule has 2 aromatic rings. The lowest BCUT2D eigenvalue weighted by atomic mass is 10.3. The highest BCUT2D eigenvalue weighted by atomic mass is 15.3. The van der Waals surface area contributed by atoms with E-state index in [4.69, 9.17) is 0 Å². The third-order valence-electron chi connectivity index (χ3n) is 2.93. The summed E-state index contributed by atoms with van der Waals surface area (Å²) in [5, 5.41) is 10.7. The maximum Gasteiger partial charge on any atom is 0.191 e. The highest BCUT2D eigenvalue weighted by molar-refractivity contribution is 5.80. The molecule has 0 radical (unpaired) electrons. The molecule has 3 rings (SSSR count). The summed E-state index contributed by atoms with van der Waals surface area (Å²) in [6.45, 7) is 2.44. The normalized spacial score (nSPS) is 14.6. The smallest absolute Gasteiger partial charge is 0.191 e. The van der Waals surface area contributed by atoms with Crippen molar-refractivity contribution in [3.05, 3.63) is 42.5 Å². The molecule has 0 atom stereocenters. The van der Waals surface area contributed by atoms with Gasteiger partial charge in [-0.25, -0.2) is 9.67 Å². The lowest BCUT2D eigenvalue weighted by Gasteiger charge is -2.15. The van der Waals surface area contributed by atoms with Crippen LogP contribution in [0.1, 0.15) is 12.2 Å². The van der Waals surface area contributed by atoms with Gasteiger partial charge in [0, 0.05) is 13.1 Å². The van der Waals surface area contributed by atoms with Crippen LogP contribution in [0.15, 0.2) is 41.7 Å². The molecule has 1 aliphatic heterocycles. The fourth-order valence-electron chi connectivity index (χ4n) is 1.98. The second-order valence-corrected chi connectivity index (χ2v) is 4.29. The molecule has 1 aromatic heterocycles. The molecular formula is C13H16N6. The van der Waals surface area contributed by atoms with E-state index in [1.54, 1.807) is 6.33 Å². The fourth-order valence-corrected chi connectivity index (χ4v) is 1.98. The number of hydrogen-bond acceptors (Lipinski definition) is 5. The number of nitrogens with one attached hydrogen (secondary N) is 2. The molecule has 2 heterocycles. The molecule has 1 aliphatic rings. The highest BCUT2D eigenvalue weighted by Gasteiger charge is 2.08. The van der Waals surface area contributed by atoms with Gasteiger partial charge in [-0.1, -0.05) is 18.2 Å². The predicted octanol–water partition coefficient (Wildman–Crippen LogP) is 0.706. The van der Waals surface area contributed by atoms with Crippen LogP contribution in [0.3, 0.4) is 0 Å². The fraction of sp³-hybridized carbons (Fsp3) is 0.308. The molecule has 0 unspecified atom stereocenters. The Balaban J connectivity index is 1.72. The molecular weight excluding hydrogens is 240 g/mol. The van der Waals surface area contributed by atoms with Crippen molar-refractivity contribution in [1.82, 2.24) is 25.4 Å². The average molecular weight is 256 g/mol. The summed E-state index contributed by atoms with van der Waals surface area (Å²) in [6, 6.07) is 9.98. The minimum absolute atomic E-state index is 0.598. The second kappa shape index (κ2) is 5.51. The zero-order chi connectivity index (χ0) is 12.9. The van der Waals surface area contributed by atoms with Gasteiger partial charge in [-0.2, -0.15) is 5.10 Å². The Morgan fingerprint density at radius 1 is 1.26 bits per heavy atom. The van der Waals surface area contributed by atoms with E-state index in [0.29, 0.717) is 6.54 Å². The van der Waals surface area contributed by atoms with E-state index >= 15 is 0 Å².